The summed E-state index contributed by atoms with van der Waals surface area (Å²) in [6, 6.07) is 15.8. The highest BCUT2D eigenvalue weighted by molar-refractivity contribution is 5.90. The third kappa shape index (κ3) is 4.88. The van der Waals surface area contributed by atoms with Gasteiger partial charge in [0.05, 0.1) is 24.9 Å². The number of para-hydroxylation sites is 1. The van der Waals surface area contributed by atoms with Gasteiger partial charge in [-0.1, -0.05) is 24.3 Å². The lowest BCUT2D eigenvalue weighted by Gasteiger charge is -2.12. The molecule has 1 amide bonds. The number of ether oxygens (including phenoxy) is 2. The highest BCUT2D eigenvalue weighted by atomic mass is 16.5. The minimum Gasteiger partial charge on any atom is -0.493 e. The molecule has 2 aromatic heterocycles. The normalized spacial score (nSPS) is 11.0. The quantitative estimate of drug-likeness (QED) is 0.386. The maximum Gasteiger partial charge on any atom is 0.225 e. The summed E-state index contributed by atoms with van der Waals surface area (Å²) in [6.07, 6.45) is 0.902. The highest BCUT2D eigenvalue weighted by Crippen LogP contribution is 2.29. The number of fused-ring (bicyclic) bond motifs is 1. The number of pyridine rings is 1. The molecule has 0 atom stereocenters. The number of nitrogens with one attached hydrogen (secondary N) is 1. The number of hydrogen-bond donors (Lipinski definition) is 1. The van der Waals surface area contributed by atoms with Crippen molar-refractivity contribution < 1.29 is 14.3 Å². The Morgan fingerprint density at radius 1 is 1.03 bits per heavy atom. The van der Waals surface area contributed by atoms with E-state index in [0.29, 0.717) is 42.6 Å². The maximum atomic E-state index is 12.8. The largest absolute Gasteiger partial charge is 0.493 e. The topological polar surface area (TPSA) is 78.3 Å². The van der Waals surface area contributed by atoms with Crippen molar-refractivity contribution in [2.75, 3.05) is 19.0 Å². The van der Waals surface area contributed by atoms with Crippen LogP contribution in [0.15, 0.2) is 48.5 Å². The first-order valence-electron chi connectivity index (χ1n) is 11.4. The zero-order chi connectivity index (χ0) is 24.2. The molecular weight excluding hydrogens is 428 g/mol. The zero-order valence-electron chi connectivity index (χ0n) is 20.3. The molecule has 7 heteroatoms. The van der Waals surface area contributed by atoms with Crippen LogP contribution in [-0.4, -0.2) is 34.4 Å². The molecule has 0 saturated carbocycles. The van der Waals surface area contributed by atoms with E-state index in [1.54, 1.807) is 11.8 Å². The van der Waals surface area contributed by atoms with Gasteiger partial charge in [-0.3, -0.25) is 4.79 Å². The van der Waals surface area contributed by atoms with E-state index in [9.17, 15) is 4.79 Å². The molecule has 0 fully saturated rings. The van der Waals surface area contributed by atoms with Gasteiger partial charge in [0.1, 0.15) is 5.82 Å². The monoisotopic (exact) mass is 458 g/mol. The molecule has 34 heavy (non-hydrogen) atoms. The SMILES string of the molecule is CCOc1ccc(CCC(=O)Nc2cc(C)nn2-c2cc(C)c3cccc(C)c3n2)cc1OC. The van der Waals surface area contributed by atoms with Crippen LogP contribution in [0.25, 0.3) is 16.7 Å². The highest BCUT2D eigenvalue weighted by Gasteiger charge is 2.15. The van der Waals surface area contributed by atoms with E-state index in [4.69, 9.17) is 14.5 Å². The summed E-state index contributed by atoms with van der Waals surface area (Å²) in [7, 11) is 1.61. The average Bonchev–Trinajstić information content (AvgIpc) is 3.19. The van der Waals surface area contributed by atoms with Crippen LogP contribution in [0.4, 0.5) is 5.82 Å². The number of anilines is 1. The molecule has 0 bridgehead atoms. The number of aryl methyl sites for hydroxylation is 4. The summed E-state index contributed by atoms with van der Waals surface area (Å²) < 4.78 is 12.7. The minimum absolute atomic E-state index is 0.0947. The van der Waals surface area contributed by atoms with Crippen LogP contribution >= 0.6 is 0 Å². The Balaban J connectivity index is 1.52. The number of rotatable bonds is 8. The van der Waals surface area contributed by atoms with Crippen molar-refractivity contribution >= 4 is 22.6 Å². The van der Waals surface area contributed by atoms with Gasteiger partial charge in [-0.2, -0.15) is 9.78 Å². The van der Waals surface area contributed by atoms with Crippen LogP contribution in [0.1, 0.15) is 35.7 Å². The molecule has 0 unspecified atom stereocenters. The maximum absolute atomic E-state index is 12.8. The molecule has 0 aliphatic heterocycles. The van der Waals surface area contributed by atoms with E-state index in [-0.39, 0.29) is 5.91 Å². The van der Waals surface area contributed by atoms with Gasteiger partial charge in [-0.05, 0) is 69.0 Å². The van der Waals surface area contributed by atoms with Gasteiger partial charge in [-0.25, -0.2) is 4.98 Å². The Bertz CT molecular complexity index is 1340. The smallest absolute Gasteiger partial charge is 0.225 e. The predicted molar refractivity (Wildman–Crippen MR) is 134 cm³/mol. The van der Waals surface area contributed by atoms with E-state index in [0.717, 1.165) is 33.3 Å². The van der Waals surface area contributed by atoms with E-state index in [2.05, 4.69) is 23.4 Å². The van der Waals surface area contributed by atoms with Crippen molar-refractivity contribution in [2.45, 2.75) is 40.5 Å². The molecule has 4 rings (SSSR count). The van der Waals surface area contributed by atoms with Gasteiger partial charge in [0.25, 0.3) is 0 Å². The number of carbonyl (C=O) groups excluding carboxylic acids is 1. The number of aromatic nitrogens is 3. The molecule has 0 spiro atoms. The third-order valence-electron chi connectivity index (χ3n) is 5.72. The second-order valence-electron chi connectivity index (χ2n) is 8.32. The first-order chi connectivity index (χ1) is 16.4. The molecule has 176 valence electrons. The molecule has 0 radical (unpaired) electrons. The third-order valence-corrected chi connectivity index (χ3v) is 5.72. The van der Waals surface area contributed by atoms with E-state index < -0.39 is 0 Å². The summed E-state index contributed by atoms with van der Waals surface area (Å²) in [5.41, 5.74) is 4.95. The molecular formula is C27H30N4O3. The van der Waals surface area contributed by atoms with Gasteiger partial charge in [0.2, 0.25) is 5.91 Å². The van der Waals surface area contributed by atoms with E-state index in [1.807, 2.05) is 63.2 Å². The summed E-state index contributed by atoms with van der Waals surface area (Å²) in [5, 5.41) is 8.71. The number of benzene rings is 2. The van der Waals surface area contributed by atoms with Crippen molar-refractivity contribution in [1.82, 2.24) is 14.8 Å². The Labute approximate surface area is 199 Å². The van der Waals surface area contributed by atoms with Crippen molar-refractivity contribution in [1.29, 1.82) is 0 Å². The van der Waals surface area contributed by atoms with Crippen LogP contribution in [0.5, 0.6) is 11.5 Å². The van der Waals surface area contributed by atoms with Crippen molar-refractivity contribution in [3.63, 3.8) is 0 Å². The number of amides is 1. The number of methoxy groups -OCH3 is 1. The lowest BCUT2D eigenvalue weighted by molar-refractivity contribution is -0.116. The van der Waals surface area contributed by atoms with E-state index in [1.165, 1.54) is 0 Å². The van der Waals surface area contributed by atoms with Crippen molar-refractivity contribution in [3.05, 3.63) is 70.9 Å². The Kier molecular flexibility index (Phi) is 6.82. The second kappa shape index (κ2) is 9.95. The van der Waals surface area contributed by atoms with Crippen LogP contribution < -0.4 is 14.8 Å². The fourth-order valence-corrected chi connectivity index (χ4v) is 4.02. The average molecular weight is 459 g/mol. The molecule has 4 aromatic rings. The first-order valence-corrected chi connectivity index (χ1v) is 11.4. The van der Waals surface area contributed by atoms with Gasteiger partial charge in [0.15, 0.2) is 17.3 Å². The molecule has 2 heterocycles. The van der Waals surface area contributed by atoms with Gasteiger partial charge in [0, 0.05) is 17.9 Å². The predicted octanol–water partition coefficient (Wildman–Crippen LogP) is 5.32. The number of carbonyl (C=O) groups is 1. The number of hydrogen-bond acceptors (Lipinski definition) is 5. The summed E-state index contributed by atoms with van der Waals surface area (Å²) in [5.74, 6) is 2.56. The summed E-state index contributed by atoms with van der Waals surface area (Å²) >= 11 is 0. The second-order valence-corrected chi connectivity index (χ2v) is 8.32. The van der Waals surface area contributed by atoms with Crippen LogP contribution in [0.3, 0.4) is 0 Å². The van der Waals surface area contributed by atoms with Gasteiger partial charge < -0.3 is 14.8 Å². The Morgan fingerprint density at radius 3 is 2.62 bits per heavy atom. The lowest BCUT2D eigenvalue weighted by atomic mass is 10.1. The molecule has 0 aliphatic rings. The molecule has 7 nitrogen and oxygen atoms in total. The van der Waals surface area contributed by atoms with Crippen molar-refractivity contribution in [2.24, 2.45) is 0 Å². The van der Waals surface area contributed by atoms with E-state index >= 15 is 0 Å². The zero-order valence-corrected chi connectivity index (χ0v) is 20.3. The van der Waals surface area contributed by atoms with Crippen LogP contribution in [0, 0.1) is 20.8 Å². The lowest BCUT2D eigenvalue weighted by Crippen LogP contribution is -2.16. The first kappa shape index (κ1) is 23.3. The van der Waals surface area contributed by atoms with Gasteiger partial charge >= 0.3 is 0 Å². The Hall–Kier alpha value is -3.87. The van der Waals surface area contributed by atoms with Gasteiger partial charge in [-0.15, -0.1) is 0 Å². The molecule has 0 saturated heterocycles. The van der Waals surface area contributed by atoms with Crippen LogP contribution in [0.2, 0.25) is 0 Å². The fourth-order valence-electron chi connectivity index (χ4n) is 4.02. The number of nitrogens with zero attached hydrogens (tertiary/aromatic N) is 3. The Morgan fingerprint density at radius 2 is 1.85 bits per heavy atom. The van der Waals surface area contributed by atoms with Crippen LogP contribution in [-0.2, 0) is 11.2 Å². The summed E-state index contributed by atoms with van der Waals surface area (Å²) in [4.78, 5) is 17.7. The fraction of sp³-hybridized carbons (Fsp3) is 0.296. The molecule has 1 N–H and O–H groups in total. The van der Waals surface area contributed by atoms with Crippen molar-refractivity contribution in [3.8, 4) is 17.3 Å². The minimum atomic E-state index is -0.0947. The molecule has 0 aliphatic carbocycles. The standard InChI is InChI=1S/C27H30N4O3/c1-6-34-22-12-10-20(16-23(22)33-5)11-13-26(32)28-25-15-19(4)30-31(25)24-14-18(3)21-9-7-8-17(2)27(21)29-24/h7-10,12,14-16H,6,11,13H2,1-5H3,(H,28,32). The molecule has 2 aromatic carbocycles. The summed E-state index contributed by atoms with van der Waals surface area (Å²) in [6.45, 7) is 8.51.